The van der Waals surface area contributed by atoms with E-state index in [1.165, 1.54) is 0 Å². The Bertz CT molecular complexity index is 1210. The summed E-state index contributed by atoms with van der Waals surface area (Å²) in [7, 11) is -0.529. The van der Waals surface area contributed by atoms with Gasteiger partial charge in [-0.25, -0.2) is 0 Å². The number of hydrogen-bond acceptors (Lipinski definition) is 4. The summed E-state index contributed by atoms with van der Waals surface area (Å²) in [6.07, 6.45) is 0.899. The molecular formula is C29H36N2O4Si. The number of aryl methyl sites for hydroxylation is 1. The van der Waals surface area contributed by atoms with Gasteiger partial charge in [-0.15, -0.1) is 0 Å². The molecule has 0 radical (unpaired) electrons. The molecule has 3 aromatic rings. The van der Waals surface area contributed by atoms with Crippen molar-refractivity contribution >= 4 is 31.5 Å². The van der Waals surface area contributed by atoms with Gasteiger partial charge in [-0.05, 0) is 78.6 Å². The van der Waals surface area contributed by atoms with Crippen molar-refractivity contribution in [3.05, 3.63) is 83.4 Å². The Balaban J connectivity index is 1.92. The summed E-state index contributed by atoms with van der Waals surface area (Å²) in [5, 5.41) is 5.90. The van der Waals surface area contributed by atoms with Crippen LogP contribution in [0, 0.1) is 0 Å². The lowest BCUT2D eigenvalue weighted by molar-refractivity contribution is 0.101. The highest BCUT2D eigenvalue weighted by atomic mass is 28.4. The van der Waals surface area contributed by atoms with Gasteiger partial charge in [-0.3, -0.25) is 9.59 Å². The number of amides is 2. The van der Waals surface area contributed by atoms with Crippen LogP contribution in [0.2, 0.25) is 18.1 Å². The van der Waals surface area contributed by atoms with Gasteiger partial charge in [0.25, 0.3) is 11.8 Å². The first-order chi connectivity index (χ1) is 16.9. The monoisotopic (exact) mass is 504 g/mol. The third kappa shape index (κ3) is 6.54. The van der Waals surface area contributed by atoms with Crippen molar-refractivity contribution in [3.8, 4) is 11.5 Å². The molecule has 6 nitrogen and oxygen atoms in total. The second kappa shape index (κ2) is 11.0. The van der Waals surface area contributed by atoms with E-state index in [1.807, 2.05) is 18.2 Å². The molecule has 0 atom stereocenters. The van der Waals surface area contributed by atoms with E-state index in [9.17, 15) is 9.59 Å². The van der Waals surface area contributed by atoms with E-state index in [-0.39, 0.29) is 16.9 Å². The second-order valence-corrected chi connectivity index (χ2v) is 15.0. The van der Waals surface area contributed by atoms with E-state index in [0.717, 1.165) is 12.0 Å². The molecule has 0 saturated carbocycles. The van der Waals surface area contributed by atoms with Crippen LogP contribution in [0.5, 0.6) is 11.5 Å². The fourth-order valence-corrected chi connectivity index (χ4v) is 4.29. The highest BCUT2D eigenvalue weighted by Gasteiger charge is 2.39. The summed E-state index contributed by atoms with van der Waals surface area (Å²) >= 11 is 0. The van der Waals surface area contributed by atoms with Gasteiger partial charge in [0.05, 0.1) is 18.5 Å². The number of anilines is 2. The molecule has 0 aliphatic heterocycles. The van der Waals surface area contributed by atoms with Gasteiger partial charge < -0.3 is 19.8 Å². The number of rotatable bonds is 8. The standard InChI is InChI=1S/C29H36N2O4Si/c1-8-20-9-11-21(12-10-20)28(33)31-26-19-24(35-36(6,7)29(2,3)4)17-18-25(26)30-27(32)22-13-15-23(34-5)16-14-22/h9-19H,8H2,1-7H3,(H,30,32)(H,31,33). The Hall–Kier alpha value is -3.58. The van der Waals surface area contributed by atoms with Crippen LogP contribution in [-0.2, 0) is 6.42 Å². The maximum absolute atomic E-state index is 13.1. The van der Waals surface area contributed by atoms with E-state index in [0.29, 0.717) is 34.0 Å². The van der Waals surface area contributed by atoms with Crippen molar-refractivity contribution in [1.29, 1.82) is 0 Å². The minimum atomic E-state index is -2.11. The molecule has 190 valence electrons. The third-order valence-corrected chi connectivity index (χ3v) is 11.0. The van der Waals surface area contributed by atoms with Crippen LogP contribution >= 0.6 is 0 Å². The first-order valence-corrected chi connectivity index (χ1v) is 15.0. The highest BCUT2D eigenvalue weighted by molar-refractivity contribution is 6.74. The first kappa shape index (κ1) is 27.0. The van der Waals surface area contributed by atoms with Crippen LogP contribution in [0.3, 0.4) is 0 Å². The molecule has 36 heavy (non-hydrogen) atoms. The topological polar surface area (TPSA) is 76.7 Å². The molecule has 0 bridgehead atoms. The van der Waals surface area contributed by atoms with Crippen molar-refractivity contribution in [1.82, 2.24) is 0 Å². The zero-order valence-corrected chi connectivity index (χ0v) is 23.2. The van der Waals surface area contributed by atoms with Gasteiger partial charge in [0.15, 0.2) is 0 Å². The Morgan fingerprint density at radius 1 is 0.778 bits per heavy atom. The maximum atomic E-state index is 13.1. The van der Waals surface area contributed by atoms with Crippen LogP contribution < -0.4 is 19.8 Å². The van der Waals surface area contributed by atoms with Crippen molar-refractivity contribution in [2.24, 2.45) is 0 Å². The Morgan fingerprint density at radius 2 is 1.28 bits per heavy atom. The second-order valence-electron chi connectivity index (χ2n) is 10.3. The molecule has 0 aromatic heterocycles. The molecule has 0 unspecified atom stereocenters. The fourth-order valence-electron chi connectivity index (χ4n) is 3.27. The molecular weight excluding hydrogens is 468 g/mol. The average Bonchev–Trinajstić information content (AvgIpc) is 2.84. The maximum Gasteiger partial charge on any atom is 0.255 e. The van der Waals surface area contributed by atoms with E-state index in [4.69, 9.17) is 9.16 Å². The lowest BCUT2D eigenvalue weighted by Gasteiger charge is -2.36. The predicted molar refractivity (Wildman–Crippen MR) is 149 cm³/mol. The Labute approximate surface area is 215 Å². The largest absolute Gasteiger partial charge is 0.543 e. The molecule has 7 heteroatoms. The molecule has 2 amide bonds. The predicted octanol–water partition coefficient (Wildman–Crippen LogP) is 7.15. The normalized spacial score (nSPS) is 11.5. The molecule has 3 rings (SSSR count). The fraction of sp³-hybridized carbons (Fsp3) is 0.310. The lowest BCUT2D eigenvalue weighted by atomic mass is 10.1. The van der Waals surface area contributed by atoms with Gasteiger partial charge in [0.1, 0.15) is 11.5 Å². The van der Waals surface area contributed by atoms with Crippen molar-refractivity contribution < 1.29 is 18.8 Å². The number of hydrogen-bond donors (Lipinski definition) is 2. The minimum absolute atomic E-state index is 0.0126. The SMILES string of the molecule is CCc1ccc(C(=O)Nc2cc(O[Si](C)(C)C(C)(C)C)ccc2NC(=O)c2ccc(OC)cc2)cc1. The molecule has 2 N–H and O–H groups in total. The molecule has 0 aliphatic carbocycles. The number of methoxy groups -OCH3 is 1. The summed E-state index contributed by atoms with van der Waals surface area (Å²) in [5.41, 5.74) is 3.12. The molecule has 0 fully saturated rings. The van der Waals surface area contributed by atoms with Crippen molar-refractivity contribution in [3.63, 3.8) is 0 Å². The van der Waals surface area contributed by atoms with E-state index >= 15 is 0 Å². The molecule has 3 aromatic carbocycles. The van der Waals surface area contributed by atoms with E-state index in [1.54, 1.807) is 55.6 Å². The average molecular weight is 505 g/mol. The number of ether oxygens (including phenoxy) is 1. The van der Waals surface area contributed by atoms with Crippen molar-refractivity contribution in [2.75, 3.05) is 17.7 Å². The van der Waals surface area contributed by atoms with Gasteiger partial charge >= 0.3 is 0 Å². The molecule has 0 aliphatic rings. The van der Waals surface area contributed by atoms with Crippen LogP contribution in [-0.4, -0.2) is 27.2 Å². The van der Waals surface area contributed by atoms with E-state index in [2.05, 4.69) is 51.4 Å². The Kier molecular flexibility index (Phi) is 8.25. The van der Waals surface area contributed by atoms with Crippen LogP contribution in [0.15, 0.2) is 66.7 Å². The first-order valence-electron chi connectivity index (χ1n) is 12.1. The number of carbonyl (C=O) groups excluding carboxylic acids is 2. The summed E-state index contributed by atoms with van der Waals surface area (Å²) in [6, 6.07) is 19.7. The summed E-state index contributed by atoms with van der Waals surface area (Å²) in [4.78, 5) is 26.0. The van der Waals surface area contributed by atoms with Crippen LogP contribution in [0.1, 0.15) is 54.0 Å². The van der Waals surface area contributed by atoms with Gasteiger partial charge in [-0.1, -0.05) is 39.8 Å². The summed E-state index contributed by atoms with van der Waals surface area (Å²) < 4.78 is 11.6. The van der Waals surface area contributed by atoms with Crippen molar-refractivity contribution in [2.45, 2.75) is 52.2 Å². The zero-order valence-electron chi connectivity index (χ0n) is 22.2. The smallest absolute Gasteiger partial charge is 0.255 e. The molecule has 0 saturated heterocycles. The molecule has 0 spiro atoms. The number of nitrogens with one attached hydrogen (secondary N) is 2. The quantitative estimate of drug-likeness (QED) is 0.320. The number of benzene rings is 3. The summed E-state index contributed by atoms with van der Waals surface area (Å²) in [5.74, 6) is 0.766. The zero-order chi connectivity index (χ0) is 26.5. The van der Waals surface area contributed by atoms with Gasteiger partial charge in [0, 0.05) is 17.2 Å². The van der Waals surface area contributed by atoms with Gasteiger partial charge in [-0.2, -0.15) is 0 Å². The Morgan fingerprint density at radius 3 is 1.78 bits per heavy atom. The lowest BCUT2D eigenvalue weighted by Crippen LogP contribution is -2.43. The van der Waals surface area contributed by atoms with Crippen LogP contribution in [0.25, 0.3) is 0 Å². The highest BCUT2D eigenvalue weighted by Crippen LogP contribution is 2.39. The minimum Gasteiger partial charge on any atom is -0.543 e. The van der Waals surface area contributed by atoms with Crippen LogP contribution in [0.4, 0.5) is 11.4 Å². The third-order valence-electron chi connectivity index (χ3n) is 6.64. The summed E-state index contributed by atoms with van der Waals surface area (Å²) in [6.45, 7) is 12.9. The van der Waals surface area contributed by atoms with Gasteiger partial charge in [0.2, 0.25) is 8.32 Å². The number of carbonyl (C=O) groups is 2. The van der Waals surface area contributed by atoms with E-state index < -0.39 is 8.32 Å². The molecule has 0 heterocycles.